The Bertz CT molecular complexity index is 497. The monoisotopic (exact) mass is 338 g/mol. The van der Waals surface area contributed by atoms with Crippen molar-refractivity contribution in [3.05, 3.63) is 12.4 Å². The van der Waals surface area contributed by atoms with Crippen molar-refractivity contribution in [2.24, 2.45) is 35.5 Å². The van der Waals surface area contributed by atoms with Gasteiger partial charge >= 0.3 is 0 Å². The number of hydrogen-bond acceptors (Lipinski definition) is 2. The van der Waals surface area contributed by atoms with Gasteiger partial charge in [-0.2, -0.15) is 0 Å². The molecule has 0 radical (unpaired) electrons. The van der Waals surface area contributed by atoms with E-state index < -0.39 is 0 Å². The number of rotatable bonds is 2. The van der Waals surface area contributed by atoms with E-state index in [0.29, 0.717) is 11.1 Å². The van der Waals surface area contributed by atoms with Gasteiger partial charge in [0.1, 0.15) is 0 Å². The lowest BCUT2D eigenvalue weighted by molar-refractivity contribution is -0.105. The van der Waals surface area contributed by atoms with E-state index in [2.05, 4.69) is 22.2 Å². The summed E-state index contributed by atoms with van der Waals surface area (Å²) in [5, 5.41) is 0. The molecule has 8 aliphatic carbocycles. The Labute approximate surface area is 153 Å². The maximum Gasteiger partial charge on any atom is 0.0904 e. The highest BCUT2D eigenvalue weighted by atomic mass is 15.4. The molecule has 2 heteroatoms. The van der Waals surface area contributed by atoms with Gasteiger partial charge in [0.2, 0.25) is 0 Å². The third-order valence-electron chi connectivity index (χ3n) is 9.96. The first-order valence-corrected chi connectivity index (χ1v) is 11.4. The predicted octanol–water partition coefficient (Wildman–Crippen LogP) is 4.97. The van der Waals surface area contributed by atoms with Gasteiger partial charge in [-0.1, -0.05) is 0 Å². The van der Waals surface area contributed by atoms with Crippen molar-refractivity contribution >= 4 is 0 Å². The highest BCUT2D eigenvalue weighted by molar-refractivity contribution is 5.16. The molecule has 8 bridgehead atoms. The van der Waals surface area contributed by atoms with Crippen LogP contribution in [0, 0.1) is 35.5 Å². The zero-order valence-corrected chi connectivity index (χ0v) is 15.7. The highest BCUT2D eigenvalue weighted by Gasteiger charge is 2.57. The molecular formula is C23H34N2. The SMILES string of the molecule is C1=CN(C23CC4CC(CC(C4)C2)C3)CN1C12CC3CC(CC(C3)C1)C2. The molecule has 8 saturated carbocycles. The van der Waals surface area contributed by atoms with E-state index in [9.17, 15) is 0 Å². The van der Waals surface area contributed by atoms with Gasteiger partial charge in [0.25, 0.3) is 0 Å². The first kappa shape index (κ1) is 14.4. The Kier molecular flexibility index (Phi) is 2.65. The number of hydrogen-bond donors (Lipinski definition) is 0. The van der Waals surface area contributed by atoms with Crippen LogP contribution in [0.3, 0.4) is 0 Å². The third-order valence-corrected chi connectivity index (χ3v) is 9.96. The van der Waals surface area contributed by atoms with Crippen LogP contribution < -0.4 is 0 Å². The molecule has 0 amide bonds. The van der Waals surface area contributed by atoms with Crippen LogP contribution in [0.2, 0.25) is 0 Å². The van der Waals surface area contributed by atoms with E-state index >= 15 is 0 Å². The van der Waals surface area contributed by atoms with Crippen molar-refractivity contribution < 1.29 is 0 Å². The molecule has 8 fully saturated rings. The fourth-order valence-electron chi connectivity index (χ4n) is 9.87. The van der Waals surface area contributed by atoms with E-state index in [1.165, 1.54) is 45.2 Å². The van der Waals surface area contributed by atoms with E-state index in [-0.39, 0.29) is 0 Å². The summed E-state index contributed by atoms with van der Waals surface area (Å²) in [5.74, 6) is 6.38. The van der Waals surface area contributed by atoms with Crippen molar-refractivity contribution in [2.45, 2.75) is 88.1 Å². The second kappa shape index (κ2) is 4.60. The maximum atomic E-state index is 2.86. The lowest BCUT2D eigenvalue weighted by Gasteiger charge is -2.62. The normalized spacial score (nSPS) is 57.9. The Balaban J connectivity index is 1.16. The molecule has 0 unspecified atom stereocenters. The Hall–Kier alpha value is -0.660. The van der Waals surface area contributed by atoms with Crippen LogP contribution in [0.1, 0.15) is 77.0 Å². The topological polar surface area (TPSA) is 6.48 Å². The molecule has 9 rings (SSSR count). The van der Waals surface area contributed by atoms with Gasteiger partial charge in [0.15, 0.2) is 0 Å². The Morgan fingerprint density at radius 3 is 1.04 bits per heavy atom. The Morgan fingerprint density at radius 2 is 0.760 bits per heavy atom. The molecule has 0 saturated heterocycles. The zero-order chi connectivity index (χ0) is 16.2. The minimum absolute atomic E-state index is 0.558. The van der Waals surface area contributed by atoms with Gasteiger partial charge in [0.05, 0.1) is 6.67 Å². The van der Waals surface area contributed by atoms with Gasteiger partial charge < -0.3 is 9.80 Å². The lowest BCUT2D eigenvalue weighted by Crippen LogP contribution is -2.62. The van der Waals surface area contributed by atoms with Crippen LogP contribution in [0.15, 0.2) is 12.4 Å². The summed E-state index contributed by atoms with van der Waals surface area (Å²) >= 11 is 0. The van der Waals surface area contributed by atoms with E-state index in [4.69, 9.17) is 0 Å². The molecule has 9 aliphatic rings. The molecule has 0 spiro atoms. The Morgan fingerprint density at radius 1 is 0.480 bits per heavy atom. The summed E-state index contributed by atoms with van der Waals surface area (Å²) in [4.78, 5) is 5.71. The summed E-state index contributed by atoms with van der Waals surface area (Å²) in [7, 11) is 0. The summed E-state index contributed by atoms with van der Waals surface area (Å²) in [6.45, 7) is 1.23. The van der Waals surface area contributed by atoms with E-state index in [1.807, 2.05) is 0 Å². The summed E-state index contributed by atoms with van der Waals surface area (Å²) in [5.41, 5.74) is 1.12. The minimum atomic E-state index is 0.558. The van der Waals surface area contributed by atoms with E-state index in [1.54, 1.807) is 38.5 Å². The van der Waals surface area contributed by atoms with Gasteiger partial charge in [-0.3, -0.25) is 0 Å². The van der Waals surface area contributed by atoms with Crippen LogP contribution in [-0.4, -0.2) is 27.5 Å². The minimum Gasteiger partial charge on any atom is -0.353 e. The van der Waals surface area contributed by atoms with Gasteiger partial charge in [-0.25, -0.2) is 0 Å². The molecule has 1 aliphatic heterocycles. The highest BCUT2D eigenvalue weighted by Crippen LogP contribution is 2.61. The molecule has 1 heterocycles. The zero-order valence-electron chi connectivity index (χ0n) is 15.7. The molecule has 136 valence electrons. The second-order valence-corrected chi connectivity index (χ2v) is 11.7. The molecule has 0 aromatic carbocycles. The third kappa shape index (κ3) is 1.92. The van der Waals surface area contributed by atoms with Crippen molar-refractivity contribution in [2.75, 3.05) is 6.67 Å². The summed E-state index contributed by atoms with van der Waals surface area (Å²) in [6.07, 6.45) is 23.6. The van der Waals surface area contributed by atoms with Crippen molar-refractivity contribution in [1.29, 1.82) is 0 Å². The first-order valence-electron chi connectivity index (χ1n) is 11.4. The average Bonchev–Trinajstić information content (AvgIpc) is 3.04. The molecule has 0 N–H and O–H groups in total. The maximum absolute atomic E-state index is 2.86. The van der Waals surface area contributed by atoms with Gasteiger partial charge in [-0.05, 0) is 113 Å². The van der Waals surface area contributed by atoms with Crippen molar-refractivity contribution in [1.82, 2.24) is 9.80 Å². The summed E-state index contributed by atoms with van der Waals surface area (Å²) < 4.78 is 0. The lowest BCUT2D eigenvalue weighted by atomic mass is 9.52. The van der Waals surface area contributed by atoms with Gasteiger partial charge in [-0.15, -0.1) is 0 Å². The fourth-order valence-corrected chi connectivity index (χ4v) is 9.87. The van der Waals surface area contributed by atoms with Crippen LogP contribution in [0.4, 0.5) is 0 Å². The second-order valence-electron chi connectivity index (χ2n) is 11.7. The van der Waals surface area contributed by atoms with Crippen molar-refractivity contribution in [3.8, 4) is 0 Å². The molecule has 0 aromatic heterocycles. The predicted molar refractivity (Wildman–Crippen MR) is 99.5 cm³/mol. The van der Waals surface area contributed by atoms with Crippen LogP contribution in [0.5, 0.6) is 0 Å². The smallest absolute Gasteiger partial charge is 0.0904 e. The summed E-state index contributed by atoms with van der Waals surface area (Å²) in [6, 6.07) is 0. The van der Waals surface area contributed by atoms with Crippen molar-refractivity contribution in [3.63, 3.8) is 0 Å². The van der Waals surface area contributed by atoms with Crippen LogP contribution in [-0.2, 0) is 0 Å². The van der Waals surface area contributed by atoms with E-state index in [0.717, 1.165) is 35.5 Å². The average molecular weight is 339 g/mol. The number of nitrogens with zero attached hydrogens (tertiary/aromatic N) is 2. The standard InChI is InChI=1S/C23H34N2/c1-2-25(23-12-19-6-20(13-23)8-21(7-19)14-23)15-24(1)22-9-16-3-17(10-22)5-18(4-16)11-22/h1-2,16-21H,3-15H2. The largest absolute Gasteiger partial charge is 0.353 e. The van der Waals surface area contributed by atoms with Crippen LogP contribution >= 0.6 is 0 Å². The van der Waals surface area contributed by atoms with Gasteiger partial charge in [0, 0.05) is 23.5 Å². The first-order chi connectivity index (χ1) is 12.2. The van der Waals surface area contributed by atoms with Crippen LogP contribution in [0.25, 0.3) is 0 Å². The molecule has 2 nitrogen and oxygen atoms in total. The molecule has 0 aromatic rings. The molecule has 25 heavy (non-hydrogen) atoms. The fraction of sp³-hybridized carbons (Fsp3) is 0.913. The molecule has 0 atom stereocenters. The molecular weight excluding hydrogens is 304 g/mol. The quantitative estimate of drug-likeness (QED) is 0.701.